The maximum Gasteiger partial charge on any atom is 0.0782 e. The van der Waals surface area contributed by atoms with E-state index >= 15 is 0 Å². The molecule has 1 fully saturated rings. The summed E-state index contributed by atoms with van der Waals surface area (Å²) in [4.78, 5) is 2.59. The molecule has 3 unspecified atom stereocenters. The average Bonchev–Trinajstić information content (AvgIpc) is 3.58. The van der Waals surface area contributed by atoms with E-state index in [1.165, 1.54) is 44.7 Å². The number of benzene rings is 3. The fourth-order valence-electron chi connectivity index (χ4n) is 7.62. The van der Waals surface area contributed by atoms with Crippen molar-refractivity contribution in [2.45, 2.75) is 43.2 Å². The molecule has 0 amide bonds. The average molecular weight is 531 g/mol. The Morgan fingerprint density at radius 2 is 1.71 bits per heavy atom. The van der Waals surface area contributed by atoms with Gasteiger partial charge in [-0.15, -0.1) is 0 Å². The van der Waals surface area contributed by atoms with E-state index in [1.807, 2.05) is 0 Å². The Morgan fingerprint density at radius 1 is 0.878 bits per heavy atom. The summed E-state index contributed by atoms with van der Waals surface area (Å²) in [7, 11) is 0. The summed E-state index contributed by atoms with van der Waals surface area (Å²) in [6.45, 7) is 2.06. The van der Waals surface area contributed by atoms with E-state index in [0.29, 0.717) is 0 Å². The Morgan fingerprint density at radius 3 is 2.61 bits per heavy atom. The second-order valence-corrected chi connectivity index (χ2v) is 11.7. The number of anilines is 2. The van der Waals surface area contributed by atoms with Crippen molar-refractivity contribution in [3.63, 3.8) is 0 Å². The first-order chi connectivity index (χ1) is 20.2. The summed E-state index contributed by atoms with van der Waals surface area (Å²) in [6, 6.07) is 29.6. The molecular formula is C39H34N2. The Hall–Kier alpha value is -4.56. The fourth-order valence-corrected chi connectivity index (χ4v) is 7.62. The van der Waals surface area contributed by atoms with Crippen LogP contribution >= 0.6 is 0 Å². The van der Waals surface area contributed by atoms with E-state index in [2.05, 4.69) is 162 Å². The molecule has 3 aliphatic carbocycles. The molecular weight excluding hydrogens is 496 g/mol. The third kappa shape index (κ3) is 3.56. The molecule has 1 aromatic heterocycles. The molecule has 200 valence electrons. The molecule has 3 aromatic carbocycles. The molecule has 0 bridgehead atoms. The summed E-state index contributed by atoms with van der Waals surface area (Å²) in [5, 5.41) is 1.29. The molecule has 0 saturated heterocycles. The van der Waals surface area contributed by atoms with Gasteiger partial charge in [0.2, 0.25) is 0 Å². The summed E-state index contributed by atoms with van der Waals surface area (Å²) in [6.07, 6.45) is 28.1. The van der Waals surface area contributed by atoms with Crippen molar-refractivity contribution in [1.29, 1.82) is 0 Å². The minimum absolute atomic E-state index is 0.0448. The zero-order valence-corrected chi connectivity index (χ0v) is 23.4. The van der Waals surface area contributed by atoms with E-state index in [4.69, 9.17) is 0 Å². The van der Waals surface area contributed by atoms with Crippen LogP contribution in [0.25, 0.3) is 22.6 Å². The van der Waals surface area contributed by atoms with Crippen molar-refractivity contribution in [2.75, 3.05) is 4.90 Å². The lowest BCUT2D eigenvalue weighted by atomic mass is 9.90. The largest absolute Gasteiger partial charge is 0.334 e. The normalized spacial score (nSPS) is 25.9. The number of para-hydroxylation sites is 2. The number of nitrogens with zero attached hydrogens (tertiary/aromatic N) is 2. The van der Waals surface area contributed by atoms with Crippen LogP contribution in [0, 0.1) is 0 Å². The van der Waals surface area contributed by atoms with Crippen LogP contribution in [0.1, 0.15) is 49.0 Å². The third-order valence-corrected chi connectivity index (χ3v) is 9.56. The maximum absolute atomic E-state index is 2.59. The SMILES string of the molecule is C/C=C\C=C/c1cc2ccccc2n1C1C=CCC(c2ccc(N3c4ccccc4C45C=CC=CC34C5)cc2)=CC1. The standard InChI is InChI=1S/C39H34N2/c1-2-3-4-14-34-27-31-12-5-7-17-36(31)40(34)32-15-11-13-29(19-22-32)30-20-23-33(24-21-30)41-37-18-8-6-16-35(37)38-25-9-10-26-39(38,41)28-38/h2-12,14-21,23-27,32H,13,22,28H2,1H3/b3-2-,14-4-. The van der Waals surface area contributed by atoms with Crippen molar-refractivity contribution >= 4 is 33.9 Å². The zero-order valence-electron chi connectivity index (χ0n) is 23.4. The molecule has 41 heavy (non-hydrogen) atoms. The highest BCUT2D eigenvalue weighted by Crippen LogP contribution is 2.72. The zero-order chi connectivity index (χ0) is 27.4. The van der Waals surface area contributed by atoms with Crippen LogP contribution in [0.5, 0.6) is 0 Å². The summed E-state index contributed by atoms with van der Waals surface area (Å²) in [5.74, 6) is 0. The molecule has 4 aromatic rings. The summed E-state index contributed by atoms with van der Waals surface area (Å²) in [5.41, 5.74) is 9.51. The van der Waals surface area contributed by atoms with Crippen LogP contribution in [-0.2, 0) is 5.41 Å². The first-order valence-corrected chi connectivity index (χ1v) is 14.9. The lowest BCUT2D eigenvalue weighted by molar-refractivity contribution is 0.631. The molecule has 2 heterocycles. The van der Waals surface area contributed by atoms with Crippen molar-refractivity contribution in [3.8, 4) is 0 Å². The number of allylic oxidation sites excluding steroid dienone is 9. The second-order valence-electron chi connectivity index (χ2n) is 11.7. The quantitative estimate of drug-likeness (QED) is 0.184. The van der Waals surface area contributed by atoms with Crippen molar-refractivity contribution in [3.05, 3.63) is 156 Å². The van der Waals surface area contributed by atoms with Gasteiger partial charge in [0, 0.05) is 33.4 Å². The number of hydrogen-bond acceptors (Lipinski definition) is 1. The Kier molecular flexibility index (Phi) is 5.47. The number of hydrogen-bond donors (Lipinski definition) is 0. The Labute approximate surface area is 242 Å². The highest BCUT2D eigenvalue weighted by atomic mass is 15.3. The van der Waals surface area contributed by atoms with Crippen LogP contribution in [0.2, 0.25) is 0 Å². The molecule has 8 rings (SSSR count). The van der Waals surface area contributed by atoms with Gasteiger partial charge < -0.3 is 9.47 Å². The smallest absolute Gasteiger partial charge is 0.0782 e. The molecule has 2 heteroatoms. The van der Waals surface area contributed by atoms with Gasteiger partial charge in [0.15, 0.2) is 0 Å². The van der Waals surface area contributed by atoms with Gasteiger partial charge in [0.25, 0.3) is 0 Å². The highest BCUT2D eigenvalue weighted by molar-refractivity contribution is 5.86. The Bertz CT molecular complexity index is 1840. The monoisotopic (exact) mass is 530 g/mol. The van der Waals surface area contributed by atoms with Gasteiger partial charge in [0.05, 0.1) is 11.6 Å². The fraction of sp³-hybridized carbons (Fsp3) is 0.179. The molecule has 0 radical (unpaired) electrons. The summed E-state index contributed by atoms with van der Waals surface area (Å²) < 4.78 is 2.49. The van der Waals surface area contributed by atoms with E-state index in [9.17, 15) is 0 Å². The predicted molar refractivity (Wildman–Crippen MR) is 174 cm³/mol. The molecule has 4 aliphatic rings. The van der Waals surface area contributed by atoms with E-state index in [-0.39, 0.29) is 17.0 Å². The van der Waals surface area contributed by atoms with E-state index < -0.39 is 0 Å². The molecule has 1 aliphatic heterocycles. The van der Waals surface area contributed by atoms with Crippen molar-refractivity contribution in [1.82, 2.24) is 4.57 Å². The van der Waals surface area contributed by atoms with Crippen LogP contribution in [-0.4, -0.2) is 10.1 Å². The van der Waals surface area contributed by atoms with Gasteiger partial charge >= 0.3 is 0 Å². The van der Waals surface area contributed by atoms with E-state index in [1.54, 1.807) is 0 Å². The predicted octanol–water partition coefficient (Wildman–Crippen LogP) is 9.86. The topological polar surface area (TPSA) is 8.17 Å². The van der Waals surface area contributed by atoms with Gasteiger partial charge in [-0.3, -0.25) is 0 Å². The van der Waals surface area contributed by atoms with Crippen molar-refractivity contribution < 1.29 is 0 Å². The minimum atomic E-state index is 0.0448. The lowest BCUT2D eigenvalue weighted by Gasteiger charge is -2.30. The molecule has 2 nitrogen and oxygen atoms in total. The number of fused-ring (bicyclic) bond motifs is 2. The minimum Gasteiger partial charge on any atom is -0.334 e. The maximum atomic E-state index is 2.59. The molecule has 1 saturated carbocycles. The third-order valence-electron chi connectivity index (χ3n) is 9.56. The first kappa shape index (κ1) is 24.3. The van der Waals surface area contributed by atoms with E-state index in [0.717, 1.165) is 19.3 Å². The van der Waals surface area contributed by atoms with Gasteiger partial charge in [-0.1, -0.05) is 109 Å². The number of aromatic nitrogens is 1. The van der Waals surface area contributed by atoms with Gasteiger partial charge in [-0.2, -0.15) is 0 Å². The van der Waals surface area contributed by atoms with Gasteiger partial charge in [-0.25, -0.2) is 0 Å². The van der Waals surface area contributed by atoms with Crippen molar-refractivity contribution in [2.24, 2.45) is 0 Å². The van der Waals surface area contributed by atoms with Gasteiger partial charge in [-0.05, 0) is 79.3 Å². The highest BCUT2D eigenvalue weighted by Gasteiger charge is 2.74. The summed E-state index contributed by atoms with van der Waals surface area (Å²) >= 11 is 0. The second kappa shape index (κ2) is 9.24. The lowest BCUT2D eigenvalue weighted by Crippen LogP contribution is -2.33. The van der Waals surface area contributed by atoms with Crippen LogP contribution in [0.3, 0.4) is 0 Å². The van der Waals surface area contributed by atoms with Gasteiger partial charge in [0.1, 0.15) is 0 Å². The molecule has 0 spiro atoms. The first-order valence-electron chi connectivity index (χ1n) is 14.9. The Balaban J connectivity index is 1.10. The van der Waals surface area contributed by atoms with Crippen LogP contribution in [0.15, 0.2) is 140 Å². The van der Waals surface area contributed by atoms with Crippen LogP contribution < -0.4 is 4.90 Å². The molecule has 0 N–H and O–H groups in total. The van der Waals surface area contributed by atoms with Crippen LogP contribution in [0.4, 0.5) is 11.4 Å². The number of rotatable bonds is 5. The molecule has 3 atom stereocenters.